The zero-order valence-electron chi connectivity index (χ0n) is 10.5. The summed E-state index contributed by atoms with van der Waals surface area (Å²) >= 11 is 0. The number of primary amides is 1. The van der Waals surface area contributed by atoms with E-state index in [2.05, 4.69) is 0 Å². The maximum atomic E-state index is 10.5. The predicted molar refractivity (Wildman–Crippen MR) is 66.1 cm³/mol. The van der Waals surface area contributed by atoms with Crippen molar-refractivity contribution in [3.8, 4) is 11.5 Å². The molecule has 1 amide bonds. The highest BCUT2D eigenvalue weighted by Crippen LogP contribution is 2.21. The summed E-state index contributed by atoms with van der Waals surface area (Å²) in [6, 6.07) is 7.29. The smallest absolute Gasteiger partial charge is 0.220 e. The molecule has 1 aromatic carbocycles. The van der Waals surface area contributed by atoms with Crippen LogP contribution in [0.25, 0.3) is 0 Å². The average molecular weight is 237 g/mol. The van der Waals surface area contributed by atoms with E-state index in [0.717, 1.165) is 5.75 Å². The van der Waals surface area contributed by atoms with Gasteiger partial charge in [0.05, 0.1) is 13.0 Å². The molecule has 0 bridgehead atoms. The van der Waals surface area contributed by atoms with Gasteiger partial charge in [-0.1, -0.05) is 0 Å². The highest BCUT2D eigenvalue weighted by atomic mass is 16.5. The van der Waals surface area contributed by atoms with Crippen molar-refractivity contribution in [2.45, 2.75) is 32.8 Å². The predicted octanol–water partition coefficient (Wildman–Crippen LogP) is 2.12. The van der Waals surface area contributed by atoms with Gasteiger partial charge in [-0.2, -0.15) is 0 Å². The second-order valence-electron chi connectivity index (χ2n) is 4.75. The van der Waals surface area contributed by atoms with Gasteiger partial charge < -0.3 is 15.2 Å². The fourth-order valence-electron chi connectivity index (χ4n) is 1.23. The molecular weight excluding hydrogens is 218 g/mol. The summed E-state index contributed by atoms with van der Waals surface area (Å²) in [6.07, 6.45) is 0.222. The maximum Gasteiger partial charge on any atom is 0.220 e. The topological polar surface area (TPSA) is 61.6 Å². The van der Waals surface area contributed by atoms with Gasteiger partial charge in [0.1, 0.15) is 17.1 Å². The van der Waals surface area contributed by atoms with Crippen molar-refractivity contribution in [1.82, 2.24) is 0 Å². The molecule has 0 unspecified atom stereocenters. The van der Waals surface area contributed by atoms with Gasteiger partial charge in [-0.25, -0.2) is 0 Å². The number of hydrogen-bond acceptors (Lipinski definition) is 3. The third kappa shape index (κ3) is 5.80. The molecule has 2 N–H and O–H groups in total. The lowest BCUT2D eigenvalue weighted by Crippen LogP contribution is -2.22. The van der Waals surface area contributed by atoms with Crippen molar-refractivity contribution in [2.75, 3.05) is 6.61 Å². The van der Waals surface area contributed by atoms with E-state index >= 15 is 0 Å². The van der Waals surface area contributed by atoms with Gasteiger partial charge in [0.2, 0.25) is 5.91 Å². The van der Waals surface area contributed by atoms with Crippen molar-refractivity contribution >= 4 is 5.91 Å². The Morgan fingerprint density at radius 2 is 1.71 bits per heavy atom. The van der Waals surface area contributed by atoms with E-state index in [1.807, 2.05) is 45.0 Å². The first-order chi connectivity index (χ1) is 7.87. The minimum atomic E-state index is -0.363. The van der Waals surface area contributed by atoms with E-state index in [4.69, 9.17) is 15.2 Å². The Balaban J connectivity index is 2.47. The van der Waals surface area contributed by atoms with Crippen molar-refractivity contribution in [3.63, 3.8) is 0 Å². The second kappa shape index (κ2) is 5.57. The van der Waals surface area contributed by atoms with E-state index in [1.54, 1.807) is 0 Å². The van der Waals surface area contributed by atoms with Crippen LogP contribution in [0.5, 0.6) is 11.5 Å². The number of carbonyl (C=O) groups is 1. The highest BCUT2D eigenvalue weighted by Gasteiger charge is 2.11. The lowest BCUT2D eigenvalue weighted by atomic mass is 10.2. The molecule has 0 atom stereocenters. The Morgan fingerprint density at radius 3 is 2.18 bits per heavy atom. The molecule has 0 saturated carbocycles. The number of amides is 1. The molecule has 17 heavy (non-hydrogen) atoms. The summed E-state index contributed by atoms with van der Waals surface area (Å²) in [5.41, 5.74) is 4.80. The first-order valence-electron chi connectivity index (χ1n) is 5.57. The molecular formula is C13H19NO3. The van der Waals surface area contributed by atoms with Gasteiger partial charge in [0.25, 0.3) is 0 Å². The Bertz CT molecular complexity index is 365. The van der Waals surface area contributed by atoms with Crippen LogP contribution in [-0.4, -0.2) is 18.1 Å². The molecule has 0 aliphatic rings. The molecule has 1 aromatic rings. The summed E-state index contributed by atoms with van der Waals surface area (Å²) in [5.74, 6) is 1.13. The van der Waals surface area contributed by atoms with Crippen molar-refractivity contribution in [2.24, 2.45) is 5.73 Å². The molecule has 1 rings (SSSR count). The van der Waals surface area contributed by atoms with Gasteiger partial charge in [0, 0.05) is 0 Å². The molecule has 4 heteroatoms. The minimum Gasteiger partial charge on any atom is -0.493 e. The summed E-state index contributed by atoms with van der Waals surface area (Å²) < 4.78 is 11.0. The van der Waals surface area contributed by atoms with Gasteiger partial charge in [0.15, 0.2) is 0 Å². The van der Waals surface area contributed by atoms with Crippen LogP contribution in [0.3, 0.4) is 0 Å². The third-order valence-electron chi connectivity index (χ3n) is 1.86. The van der Waals surface area contributed by atoms with Gasteiger partial charge in [-0.3, -0.25) is 4.79 Å². The number of benzene rings is 1. The van der Waals surface area contributed by atoms with Gasteiger partial charge in [-0.05, 0) is 45.0 Å². The molecule has 0 radical (unpaired) electrons. The molecule has 4 nitrogen and oxygen atoms in total. The molecule has 0 aliphatic heterocycles. The van der Waals surface area contributed by atoms with Crippen LogP contribution in [0, 0.1) is 0 Å². The average Bonchev–Trinajstić information content (AvgIpc) is 2.18. The molecule has 0 fully saturated rings. The number of rotatable bonds is 5. The van der Waals surface area contributed by atoms with Gasteiger partial charge in [-0.15, -0.1) is 0 Å². The third-order valence-corrected chi connectivity index (χ3v) is 1.86. The lowest BCUT2D eigenvalue weighted by Gasteiger charge is -2.21. The van der Waals surface area contributed by atoms with E-state index in [-0.39, 0.29) is 17.9 Å². The van der Waals surface area contributed by atoms with Crippen LogP contribution in [0.2, 0.25) is 0 Å². The lowest BCUT2D eigenvalue weighted by molar-refractivity contribution is -0.118. The molecule has 0 spiro atoms. The summed E-state index contributed by atoms with van der Waals surface area (Å²) in [5, 5.41) is 0. The number of hydrogen-bond donors (Lipinski definition) is 1. The number of carbonyl (C=O) groups excluding carboxylic acids is 1. The monoisotopic (exact) mass is 237 g/mol. The van der Waals surface area contributed by atoms with Crippen LogP contribution < -0.4 is 15.2 Å². The van der Waals surface area contributed by atoms with E-state index in [1.165, 1.54) is 0 Å². The molecule has 0 aliphatic carbocycles. The first kappa shape index (κ1) is 13.4. The first-order valence-corrected chi connectivity index (χ1v) is 5.57. The normalized spacial score (nSPS) is 11.0. The van der Waals surface area contributed by atoms with Crippen LogP contribution in [0.4, 0.5) is 0 Å². The van der Waals surface area contributed by atoms with Crippen LogP contribution in [0.1, 0.15) is 27.2 Å². The zero-order chi connectivity index (χ0) is 12.9. The number of nitrogens with two attached hydrogens (primary N) is 1. The Hall–Kier alpha value is -1.71. The standard InChI is InChI=1S/C13H19NO3/c1-13(2,3)17-11-6-4-10(5-7-11)16-9-8-12(14)15/h4-7H,8-9H2,1-3H3,(H2,14,15). The van der Waals surface area contributed by atoms with Crippen LogP contribution in [-0.2, 0) is 4.79 Å². The van der Waals surface area contributed by atoms with E-state index in [0.29, 0.717) is 12.4 Å². The Labute approximate surface area is 102 Å². The summed E-state index contributed by atoms with van der Waals surface area (Å²) in [7, 11) is 0. The fraction of sp³-hybridized carbons (Fsp3) is 0.462. The van der Waals surface area contributed by atoms with Crippen molar-refractivity contribution in [1.29, 1.82) is 0 Å². The van der Waals surface area contributed by atoms with E-state index in [9.17, 15) is 4.79 Å². The van der Waals surface area contributed by atoms with Crippen molar-refractivity contribution in [3.05, 3.63) is 24.3 Å². The highest BCUT2D eigenvalue weighted by molar-refractivity contribution is 5.73. The second-order valence-corrected chi connectivity index (χ2v) is 4.75. The molecule has 0 saturated heterocycles. The van der Waals surface area contributed by atoms with E-state index < -0.39 is 0 Å². The fourth-order valence-corrected chi connectivity index (χ4v) is 1.23. The molecule has 0 aromatic heterocycles. The molecule has 0 heterocycles. The number of ether oxygens (including phenoxy) is 2. The Morgan fingerprint density at radius 1 is 1.18 bits per heavy atom. The van der Waals surface area contributed by atoms with Crippen LogP contribution >= 0.6 is 0 Å². The minimum absolute atomic E-state index is 0.214. The SMILES string of the molecule is CC(C)(C)Oc1ccc(OCCC(N)=O)cc1. The Kier molecular flexibility index (Phi) is 4.37. The quantitative estimate of drug-likeness (QED) is 0.853. The maximum absolute atomic E-state index is 10.5. The van der Waals surface area contributed by atoms with Crippen LogP contribution in [0.15, 0.2) is 24.3 Å². The van der Waals surface area contributed by atoms with Crippen molar-refractivity contribution < 1.29 is 14.3 Å². The zero-order valence-corrected chi connectivity index (χ0v) is 10.5. The summed E-state index contributed by atoms with van der Waals surface area (Å²) in [4.78, 5) is 10.5. The van der Waals surface area contributed by atoms with Gasteiger partial charge >= 0.3 is 0 Å². The molecule has 94 valence electrons. The largest absolute Gasteiger partial charge is 0.493 e. The summed E-state index contributed by atoms with van der Waals surface area (Å²) in [6.45, 7) is 6.27.